The van der Waals surface area contributed by atoms with Crippen LogP contribution >= 0.6 is 0 Å². The second-order valence-corrected chi connectivity index (χ2v) is 9.21. The van der Waals surface area contributed by atoms with Crippen LogP contribution < -0.4 is 19.0 Å². The maximum absolute atomic E-state index is 13.0. The highest BCUT2D eigenvalue weighted by atomic mass is 32.2. The highest BCUT2D eigenvalue weighted by Crippen LogP contribution is 2.29. The van der Waals surface area contributed by atoms with E-state index >= 15 is 0 Å². The molecule has 0 aromatic heterocycles. The van der Waals surface area contributed by atoms with Crippen LogP contribution in [0.2, 0.25) is 0 Å². The minimum Gasteiger partial charge on any atom is -0.497 e. The van der Waals surface area contributed by atoms with Crippen molar-refractivity contribution in [3.63, 3.8) is 0 Å². The van der Waals surface area contributed by atoms with Gasteiger partial charge in [-0.15, -0.1) is 0 Å². The average Bonchev–Trinajstić information content (AvgIpc) is 2.73. The molecule has 0 spiro atoms. The normalized spacial score (nSPS) is 11.2. The molecular formula is C22H30N2O6S. The van der Waals surface area contributed by atoms with Crippen molar-refractivity contribution < 1.29 is 26.9 Å². The van der Waals surface area contributed by atoms with E-state index in [1.165, 1.54) is 14.0 Å². The molecule has 0 unspecified atom stereocenters. The van der Waals surface area contributed by atoms with Gasteiger partial charge in [0.1, 0.15) is 17.2 Å². The summed E-state index contributed by atoms with van der Waals surface area (Å²) in [7, 11) is -0.548. The molecule has 0 atom stereocenters. The molecule has 0 aliphatic carbocycles. The van der Waals surface area contributed by atoms with E-state index in [-0.39, 0.29) is 30.0 Å². The summed E-state index contributed by atoms with van der Waals surface area (Å²) in [4.78, 5) is 14.7. The molecule has 0 saturated heterocycles. The van der Waals surface area contributed by atoms with Gasteiger partial charge in [0.15, 0.2) is 0 Å². The Morgan fingerprint density at radius 1 is 1.06 bits per heavy atom. The van der Waals surface area contributed by atoms with Crippen LogP contribution in [0, 0.1) is 5.92 Å². The summed E-state index contributed by atoms with van der Waals surface area (Å²) in [5.41, 5.74) is 1.27. The van der Waals surface area contributed by atoms with Gasteiger partial charge in [0.05, 0.1) is 25.7 Å². The molecule has 0 radical (unpaired) electrons. The van der Waals surface area contributed by atoms with E-state index in [2.05, 4.69) is 5.32 Å². The molecular weight excluding hydrogens is 420 g/mol. The van der Waals surface area contributed by atoms with Crippen LogP contribution in [0.5, 0.6) is 17.2 Å². The molecule has 9 heteroatoms. The standard InChI is InChI=1S/C22H30N2O6S/c1-6-31(26,27)30-19-9-7-8-17(12-19)15-24(14-16(2)3)22(25)23-20-11-10-18(28-4)13-21(20)29-5/h7-13,16H,6,14-15H2,1-5H3,(H,23,25). The van der Waals surface area contributed by atoms with Crippen molar-refractivity contribution in [2.75, 3.05) is 31.8 Å². The minimum atomic E-state index is -3.62. The third-order valence-electron chi connectivity index (χ3n) is 4.37. The van der Waals surface area contributed by atoms with Crippen molar-refractivity contribution in [2.24, 2.45) is 5.92 Å². The molecule has 0 saturated carbocycles. The van der Waals surface area contributed by atoms with Crippen LogP contribution in [0.4, 0.5) is 10.5 Å². The predicted octanol–water partition coefficient (Wildman–Crippen LogP) is 4.12. The van der Waals surface area contributed by atoms with E-state index in [0.717, 1.165) is 5.56 Å². The van der Waals surface area contributed by atoms with Gasteiger partial charge in [-0.3, -0.25) is 0 Å². The Labute approximate surface area is 184 Å². The van der Waals surface area contributed by atoms with Gasteiger partial charge in [-0.05, 0) is 42.7 Å². The number of amides is 2. The number of benzene rings is 2. The van der Waals surface area contributed by atoms with Crippen molar-refractivity contribution in [3.8, 4) is 17.2 Å². The van der Waals surface area contributed by atoms with Crippen LogP contribution in [-0.4, -0.2) is 45.9 Å². The lowest BCUT2D eigenvalue weighted by atomic mass is 10.1. The van der Waals surface area contributed by atoms with Crippen LogP contribution in [0.15, 0.2) is 42.5 Å². The summed E-state index contributed by atoms with van der Waals surface area (Å²) in [6, 6.07) is 11.6. The summed E-state index contributed by atoms with van der Waals surface area (Å²) >= 11 is 0. The number of urea groups is 1. The second-order valence-electron chi connectivity index (χ2n) is 7.35. The quantitative estimate of drug-likeness (QED) is 0.547. The van der Waals surface area contributed by atoms with E-state index in [1.54, 1.807) is 48.4 Å². The zero-order valence-electron chi connectivity index (χ0n) is 18.5. The van der Waals surface area contributed by atoms with Crippen molar-refractivity contribution in [1.82, 2.24) is 4.90 Å². The summed E-state index contributed by atoms with van der Waals surface area (Å²) in [5, 5.41) is 2.88. The van der Waals surface area contributed by atoms with Crippen LogP contribution in [0.25, 0.3) is 0 Å². The smallest absolute Gasteiger partial charge is 0.322 e. The van der Waals surface area contributed by atoms with E-state index in [0.29, 0.717) is 23.7 Å². The summed E-state index contributed by atoms with van der Waals surface area (Å²) in [6.07, 6.45) is 0. The maximum Gasteiger partial charge on any atom is 0.322 e. The Morgan fingerprint density at radius 2 is 1.81 bits per heavy atom. The zero-order chi connectivity index (χ0) is 23.0. The molecule has 0 fully saturated rings. The first-order valence-electron chi connectivity index (χ1n) is 9.96. The number of anilines is 1. The second kappa shape index (κ2) is 10.9. The monoisotopic (exact) mass is 450 g/mol. The number of nitrogens with one attached hydrogen (secondary N) is 1. The zero-order valence-corrected chi connectivity index (χ0v) is 19.4. The number of ether oxygens (including phenoxy) is 2. The maximum atomic E-state index is 13.0. The predicted molar refractivity (Wildman–Crippen MR) is 120 cm³/mol. The number of methoxy groups -OCH3 is 2. The largest absolute Gasteiger partial charge is 0.497 e. The van der Waals surface area contributed by atoms with E-state index in [4.69, 9.17) is 13.7 Å². The fourth-order valence-electron chi connectivity index (χ4n) is 2.88. The molecule has 31 heavy (non-hydrogen) atoms. The van der Waals surface area contributed by atoms with Gasteiger partial charge in [-0.1, -0.05) is 26.0 Å². The first-order valence-corrected chi connectivity index (χ1v) is 11.5. The molecule has 2 aromatic carbocycles. The Bertz CT molecular complexity index is 991. The minimum absolute atomic E-state index is 0.122. The molecule has 0 aliphatic heterocycles. The molecule has 2 aromatic rings. The van der Waals surface area contributed by atoms with Crippen LogP contribution in [-0.2, 0) is 16.7 Å². The molecule has 1 N–H and O–H groups in total. The first-order chi connectivity index (χ1) is 14.7. The average molecular weight is 451 g/mol. The highest BCUT2D eigenvalue weighted by molar-refractivity contribution is 7.87. The van der Waals surface area contributed by atoms with Crippen molar-refractivity contribution in [2.45, 2.75) is 27.3 Å². The van der Waals surface area contributed by atoms with E-state index < -0.39 is 10.1 Å². The fourth-order valence-corrected chi connectivity index (χ4v) is 3.39. The van der Waals surface area contributed by atoms with Crippen molar-refractivity contribution in [3.05, 3.63) is 48.0 Å². The molecule has 170 valence electrons. The third kappa shape index (κ3) is 7.36. The molecule has 2 amide bonds. The lowest BCUT2D eigenvalue weighted by Crippen LogP contribution is -2.37. The van der Waals surface area contributed by atoms with Crippen LogP contribution in [0.1, 0.15) is 26.3 Å². The fraction of sp³-hybridized carbons (Fsp3) is 0.409. The van der Waals surface area contributed by atoms with Gasteiger partial charge in [0, 0.05) is 19.2 Å². The van der Waals surface area contributed by atoms with Gasteiger partial charge in [0.2, 0.25) is 0 Å². The Balaban J connectivity index is 2.21. The third-order valence-corrected chi connectivity index (χ3v) is 5.53. The van der Waals surface area contributed by atoms with E-state index in [9.17, 15) is 13.2 Å². The Hall–Kier alpha value is -2.94. The SMILES string of the molecule is CCS(=O)(=O)Oc1cccc(CN(CC(C)C)C(=O)Nc2ccc(OC)cc2OC)c1. The number of hydrogen-bond acceptors (Lipinski definition) is 6. The molecule has 8 nitrogen and oxygen atoms in total. The molecule has 2 rings (SSSR count). The number of rotatable bonds is 10. The van der Waals surface area contributed by atoms with Gasteiger partial charge in [-0.25, -0.2) is 4.79 Å². The molecule has 0 aliphatic rings. The Kier molecular flexibility index (Phi) is 8.56. The van der Waals surface area contributed by atoms with Crippen molar-refractivity contribution >= 4 is 21.8 Å². The summed E-state index contributed by atoms with van der Waals surface area (Å²) < 4.78 is 39.1. The lowest BCUT2D eigenvalue weighted by molar-refractivity contribution is 0.201. The highest BCUT2D eigenvalue weighted by Gasteiger charge is 2.18. The van der Waals surface area contributed by atoms with Crippen LogP contribution in [0.3, 0.4) is 0 Å². The number of nitrogens with zero attached hydrogens (tertiary/aromatic N) is 1. The molecule has 0 heterocycles. The van der Waals surface area contributed by atoms with E-state index in [1.807, 2.05) is 19.9 Å². The topological polar surface area (TPSA) is 94.2 Å². The number of carbonyl (C=O) groups excluding carboxylic acids is 1. The van der Waals surface area contributed by atoms with Crippen molar-refractivity contribution in [1.29, 1.82) is 0 Å². The lowest BCUT2D eigenvalue weighted by Gasteiger charge is -2.25. The summed E-state index contributed by atoms with van der Waals surface area (Å²) in [6.45, 7) is 6.33. The molecule has 0 bridgehead atoms. The summed E-state index contributed by atoms with van der Waals surface area (Å²) in [5.74, 6) is 1.43. The van der Waals surface area contributed by atoms with Gasteiger partial charge in [0.25, 0.3) is 0 Å². The van der Waals surface area contributed by atoms with Gasteiger partial charge in [-0.2, -0.15) is 8.42 Å². The van der Waals surface area contributed by atoms with Gasteiger partial charge < -0.3 is 23.9 Å². The first kappa shape index (κ1) is 24.3. The number of carbonyl (C=O) groups is 1. The van der Waals surface area contributed by atoms with Gasteiger partial charge >= 0.3 is 16.1 Å². The Morgan fingerprint density at radius 3 is 2.42 bits per heavy atom. The number of hydrogen-bond donors (Lipinski definition) is 1.